The SMILES string of the molecule is CO.O=[P+]([O-])O[P+](=O)[O-].O=[P+]([O-])O[P+](=O)[O-].[Hf+4]. The quantitative estimate of drug-likeness (QED) is 0.325. The van der Waals surface area contributed by atoms with Crippen molar-refractivity contribution in [2.24, 2.45) is 0 Å². The summed E-state index contributed by atoms with van der Waals surface area (Å²) in [7, 11) is -11.9. The van der Waals surface area contributed by atoms with Crippen molar-refractivity contribution in [1.82, 2.24) is 0 Å². The van der Waals surface area contributed by atoms with Gasteiger partial charge in [0.25, 0.3) is 0 Å². The van der Waals surface area contributed by atoms with E-state index >= 15 is 0 Å². The summed E-state index contributed by atoms with van der Waals surface area (Å²) in [5.41, 5.74) is 0. The molecular weight excluding hydrogens is 490 g/mol. The van der Waals surface area contributed by atoms with Gasteiger partial charge in [-0.25, -0.2) is 0 Å². The van der Waals surface area contributed by atoms with Crippen molar-refractivity contribution in [3.63, 3.8) is 0 Å². The van der Waals surface area contributed by atoms with Gasteiger partial charge in [-0.2, -0.15) is 0 Å². The van der Waals surface area contributed by atoms with Crippen molar-refractivity contribution < 1.29 is 77.4 Å². The molecule has 0 aliphatic carbocycles. The summed E-state index contributed by atoms with van der Waals surface area (Å²) in [5, 5.41) is 7.00. The summed E-state index contributed by atoms with van der Waals surface area (Å²) in [5.74, 6) is 0. The van der Waals surface area contributed by atoms with Gasteiger partial charge in [-0.15, -0.1) is 0 Å². The molecule has 0 amide bonds. The molecule has 0 fully saturated rings. The van der Waals surface area contributed by atoms with Crippen molar-refractivity contribution in [1.29, 1.82) is 0 Å². The molecule has 16 heteroatoms. The van der Waals surface area contributed by atoms with E-state index in [0.29, 0.717) is 0 Å². The van der Waals surface area contributed by atoms with E-state index in [0.717, 1.165) is 7.11 Å². The molecule has 0 heterocycles. The average Bonchev–Trinajstić information content (AvgIpc) is 2.03. The second-order valence-corrected chi connectivity index (χ2v) is 4.15. The molecule has 4 unspecified atom stereocenters. The third-order valence-electron chi connectivity index (χ3n) is 0.267. The van der Waals surface area contributed by atoms with Gasteiger partial charge in [0, 0.05) is 7.11 Å². The van der Waals surface area contributed by atoms with Gasteiger partial charge in [0.15, 0.2) is 0 Å². The molecule has 0 bridgehead atoms. The summed E-state index contributed by atoms with van der Waals surface area (Å²) >= 11 is 0. The Hall–Kier alpha value is 0.990. The van der Waals surface area contributed by atoms with E-state index in [2.05, 4.69) is 8.62 Å². The van der Waals surface area contributed by atoms with Gasteiger partial charge < -0.3 is 24.7 Å². The molecule has 11 nitrogen and oxygen atoms in total. The number of hydrogen-bond donors (Lipinski definition) is 1. The number of rotatable bonds is 4. The molecule has 0 spiro atoms. The van der Waals surface area contributed by atoms with Gasteiger partial charge in [-0.3, -0.25) is 0 Å². The molecule has 4 atom stereocenters. The molecular formula is CH4HfO11P4+4. The van der Waals surface area contributed by atoms with E-state index in [1.54, 1.807) is 0 Å². The molecule has 0 saturated carbocycles. The Labute approximate surface area is 117 Å². The van der Waals surface area contributed by atoms with Crippen molar-refractivity contribution in [2.75, 3.05) is 7.11 Å². The first kappa shape index (κ1) is 26.5. The largest absolute Gasteiger partial charge is 4.00 e. The molecule has 94 valence electrons. The minimum absolute atomic E-state index is 0. The fourth-order valence-corrected chi connectivity index (χ4v) is 0.980. The van der Waals surface area contributed by atoms with Crippen LogP contribution in [0.3, 0.4) is 0 Å². The van der Waals surface area contributed by atoms with E-state index in [4.69, 9.17) is 5.11 Å². The molecule has 0 saturated heterocycles. The maximum absolute atomic E-state index is 9.24. The molecule has 0 aromatic heterocycles. The van der Waals surface area contributed by atoms with E-state index in [1.165, 1.54) is 0 Å². The third-order valence-corrected chi connectivity index (χ3v) is 2.40. The fraction of sp³-hybridized carbons (Fsp3) is 1.00. The number of aliphatic hydroxyl groups is 1. The monoisotopic (exact) mass is 496 g/mol. The first-order valence-electron chi connectivity index (χ1n) is 2.64. The Morgan fingerprint density at radius 2 is 0.824 bits per heavy atom. The van der Waals surface area contributed by atoms with Crippen molar-refractivity contribution in [2.45, 2.75) is 0 Å². The summed E-state index contributed by atoms with van der Waals surface area (Å²) < 4.78 is 43.3. The molecule has 0 rings (SSSR count). The molecule has 0 aliphatic heterocycles. The number of aliphatic hydroxyl groups excluding tert-OH is 1. The number of hydrogen-bond acceptors (Lipinski definition) is 11. The van der Waals surface area contributed by atoms with E-state index in [1.807, 2.05) is 0 Å². The maximum atomic E-state index is 9.24. The average molecular weight is 494 g/mol. The Kier molecular flexibility index (Phi) is 30.2. The zero-order valence-corrected chi connectivity index (χ0v) is 15.0. The second kappa shape index (κ2) is 19.3. The molecule has 17 heavy (non-hydrogen) atoms. The smallest absolute Gasteiger partial charge is 0.563 e. The molecule has 0 aromatic carbocycles. The predicted molar refractivity (Wildman–Crippen MR) is 40.7 cm³/mol. The van der Waals surface area contributed by atoms with Crippen LogP contribution in [0.2, 0.25) is 0 Å². The minimum Gasteiger partial charge on any atom is -0.563 e. The summed E-state index contributed by atoms with van der Waals surface area (Å²) in [6.45, 7) is 0. The normalized spacial score (nSPS) is 11.4. The molecule has 0 radical (unpaired) electrons. The Balaban J connectivity index is -0.0000000823. The van der Waals surface area contributed by atoms with Gasteiger partial charge in [0.1, 0.15) is 8.62 Å². The van der Waals surface area contributed by atoms with Gasteiger partial charge in [-0.1, -0.05) is 0 Å². The Morgan fingerprint density at radius 1 is 0.706 bits per heavy atom. The van der Waals surface area contributed by atoms with Gasteiger partial charge in [-0.05, 0) is 18.3 Å². The minimum atomic E-state index is -3.24. The van der Waals surface area contributed by atoms with Crippen LogP contribution in [0.4, 0.5) is 0 Å². The maximum Gasteiger partial charge on any atom is 4.00 e. The first-order valence-corrected chi connectivity index (χ1v) is 7.02. The Bertz CT molecular complexity index is 202. The van der Waals surface area contributed by atoms with Gasteiger partial charge in [0.2, 0.25) is 0 Å². The van der Waals surface area contributed by atoms with Crippen LogP contribution in [0.15, 0.2) is 0 Å². The van der Waals surface area contributed by atoms with Crippen LogP contribution in [-0.4, -0.2) is 12.2 Å². The van der Waals surface area contributed by atoms with Crippen LogP contribution in [0, 0.1) is 0 Å². The topological polar surface area (TPSA) is 199 Å². The van der Waals surface area contributed by atoms with Crippen molar-refractivity contribution in [3.8, 4) is 0 Å². The summed E-state index contributed by atoms with van der Waals surface area (Å²) in [4.78, 5) is 37.0. The van der Waals surface area contributed by atoms with Crippen LogP contribution in [0.1, 0.15) is 0 Å². The zero-order valence-electron chi connectivity index (χ0n) is 7.82. The van der Waals surface area contributed by atoms with Crippen LogP contribution < -0.4 is 19.6 Å². The van der Waals surface area contributed by atoms with Crippen LogP contribution in [0.25, 0.3) is 0 Å². The first-order chi connectivity index (χ1) is 7.25. The van der Waals surface area contributed by atoms with Gasteiger partial charge in [0.05, 0.1) is 0 Å². The van der Waals surface area contributed by atoms with Crippen molar-refractivity contribution in [3.05, 3.63) is 0 Å². The summed E-state index contributed by atoms with van der Waals surface area (Å²) in [6.07, 6.45) is 0. The van der Waals surface area contributed by atoms with Crippen LogP contribution in [0.5, 0.6) is 0 Å². The van der Waals surface area contributed by atoms with Crippen molar-refractivity contribution >= 4 is 33.0 Å². The molecule has 0 aliphatic rings. The zero-order chi connectivity index (χ0) is 13.7. The predicted octanol–water partition coefficient (Wildman–Crippen LogP) is -2.32. The van der Waals surface area contributed by atoms with E-state index < -0.39 is 33.0 Å². The van der Waals surface area contributed by atoms with Crippen LogP contribution in [-0.2, 0) is 52.7 Å². The Morgan fingerprint density at radius 3 is 0.824 bits per heavy atom. The van der Waals surface area contributed by atoms with Gasteiger partial charge >= 0.3 is 58.9 Å². The third kappa shape index (κ3) is 47.2. The molecule has 1 N–H and O–H groups in total. The second-order valence-electron chi connectivity index (χ2n) is 1.06. The van der Waals surface area contributed by atoms with E-state index in [-0.39, 0.29) is 25.8 Å². The fourth-order valence-electron chi connectivity index (χ4n) is 0.109. The summed E-state index contributed by atoms with van der Waals surface area (Å²) in [6, 6.07) is 0. The molecule has 0 aromatic rings. The van der Waals surface area contributed by atoms with Crippen LogP contribution >= 0.6 is 33.0 Å². The standard InChI is InChI=1S/CH4O.Hf.2O5P2/c1-2;;2*1-6(2)5-7(3)4/h2H,1H3;;;/q;+4;;. The van der Waals surface area contributed by atoms with E-state index in [9.17, 15) is 37.8 Å².